The number of nitrogens with one attached hydrogen (secondary N) is 1. The predicted octanol–water partition coefficient (Wildman–Crippen LogP) is 4.76. The lowest BCUT2D eigenvalue weighted by atomic mass is 9.94. The molecule has 2 fully saturated rings. The van der Waals surface area contributed by atoms with Gasteiger partial charge in [0.15, 0.2) is 0 Å². The van der Waals surface area contributed by atoms with E-state index in [4.69, 9.17) is 11.5 Å². The van der Waals surface area contributed by atoms with Crippen molar-refractivity contribution in [3.8, 4) is 22.3 Å². The molecule has 3 aromatic carbocycles. The number of nitrogen functional groups attached to an aromatic ring is 1. The quantitative estimate of drug-likeness (QED) is 0.256. The summed E-state index contributed by atoms with van der Waals surface area (Å²) in [6.07, 6.45) is 5.43. The van der Waals surface area contributed by atoms with Gasteiger partial charge in [0, 0.05) is 54.6 Å². The maximum atomic E-state index is 12.1. The van der Waals surface area contributed by atoms with E-state index in [1.807, 2.05) is 48.7 Å². The van der Waals surface area contributed by atoms with E-state index in [9.17, 15) is 9.59 Å². The lowest BCUT2D eigenvalue weighted by Gasteiger charge is -2.32. The number of primary amides is 1. The van der Waals surface area contributed by atoms with Crippen LogP contribution in [0.1, 0.15) is 46.7 Å². The maximum absolute atomic E-state index is 12.1. The highest BCUT2D eigenvalue weighted by Crippen LogP contribution is 2.41. The largest absolute Gasteiger partial charge is 0.398 e. The SMILES string of the molecule is Cn1cc(-c2ccc(C3CC3NCC3CCN(Cc4ccc(C(N)=O)c(-c5ccccc5N)c4)CC3)cc2)ccc1=O. The summed E-state index contributed by atoms with van der Waals surface area (Å²) in [6.45, 7) is 4.04. The van der Waals surface area contributed by atoms with Crippen molar-refractivity contribution in [1.29, 1.82) is 0 Å². The summed E-state index contributed by atoms with van der Waals surface area (Å²) in [4.78, 5) is 26.3. The van der Waals surface area contributed by atoms with Crippen molar-refractivity contribution in [1.82, 2.24) is 14.8 Å². The van der Waals surface area contributed by atoms with Crippen molar-refractivity contribution < 1.29 is 4.79 Å². The van der Waals surface area contributed by atoms with E-state index in [1.54, 1.807) is 17.7 Å². The number of piperidine rings is 1. The number of likely N-dealkylation sites (tertiary alicyclic amines) is 1. The summed E-state index contributed by atoms with van der Waals surface area (Å²) in [5.41, 5.74) is 19.4. The fraction of sp³-hybridized carbons (Fsp3) is 0.314. The summed E-state index contributed by atoms with van der Waals surface area (Å²) < 4.78 is 1.62. The summed E-state index contributed by atoms with van der Waals surface area (Å²) >= 11 is 0. The van der Waals surface area contributed by atoms with Crippen LogP contribution in [0.15, 0.2) is 89.9 Å². The van der Waals surface area contributed by atoms with Gasteiger partial charge in [-0.2, -0.15) is 0 Å². The van der Waals surface area contributed by atoms with Crippen LogP contribution in [0.25, 0.3) is 22.3 Å². The van der Waals surface area contributed by atoms with Crippen LogP contribution in [-0.2, 0) is 13.6 Å². The van der Waals surface area contributed by atoms with Gasteiger partial charge in [0.2, 0.25) is 11.5 Å². The number of anilines is 1. The van der Waals surface area contributed by atoms with Gasteiger partial charge >= 0.3 is 0 Å². The number of amides is 1. The molecule has 1 saturated carbocycles. The molecule has 4 aromatic rings. The molecule has 0 spiro atoms. The van der Waals surface area contributed by atoms with Crippen LogP contribution in [0.4, 0.5) is 5.69 Å². The number of hydrogen-bond donors (Lipinski definition) is 3. The maximum Gasteiger partial charge on any atom is 0.250 e. The van der Waals surface area contributed by atoms with Crippen LogP contribution in [0.5, 0.6) is 0 Å². The highest BCUT2D eigenvalue weighted by Gasteiger charge is 2.38. The number of hydrogen-bond acceptors (Lipinski definition) is 5. The van der Waals surface area contributed by atoms with Gasteiger partial charge in [0.1, 0.15) is 0 Å². The van der Waals surface area contributed by atoms with E-state index in [-0.39, 0.29) is 5.56 Å². The van der Waals surface area contributed by atoms with Crippen molar-refractivity contribution in [2.75, 3.05) is 25.4 Å². The van der Waals surface area contributed by atoms with E-state index >= 15 is 0 Å². The molecule has 2 aliphatic rings. The number of aromatic nitrogens is 1. The van der Waals surface area contributed by atoms with E-state index in [1.165, 1.54) is 24.8 Å². The Morgan fingerprint density at radius 2 is 1.67 bits per heavy atom. The molecular formula is C35H39N5O2. The molecule has 5 N–H and O–H groups in total. The molecule has 7 heteroatoms. The van der Waals surface area contributed by atoms with Crippen molar-refractivity contribution in [2.24, 2.45) is 18.7 Å². The molecule has 1 saturated heterocycles. The van der Waals surface area contributed by atoms with Gasteiger partial charge in [-0.15, -0.1) is 0 Å². The molecular weight excluding hydrogens is 522 g/mol. The molecule has 2 atom stereocenters. The third-order valence-electron chi connectivity index (χ3n) is 8.93. The first-order valence-corrected chi connectivity index (χ1v) is 14.9. The van der Waals surface area contributed by atoms with Crippen LogP contribution in [0.2, 0.25) is 0 Å². The molecule has 1 aliphatic carbocycles. The third-order valence-corrected chi connectivity index (χ3v) is 8.93. The highest BCUT2D eigenvalue weighted by atomic mass is 16.1. The number of carbonyl (C=O) groups excluding carboxylic acids is 1. The molecule has 0 radical (unpaired) electrons. The van der Waals surface area contributed by atoms with Gasteiger partial charge in [-0.05, 0) is 96.9 Å². The molecule has 216 valence electrons. The second kappa shape index (κ2) is 12.0. The Bertz CT molecular complexity index is 1640. The molecule has 2 unspecified atom stereocenters. The third kappa shape index (κ3) is 6.17. The number of nitrogens with two attached hydrogens (primary N) is 2. The Balaban J connectivity index is 0.986. The topological polar surface area (TPSA) is 106 Å². The second-order valence-corrected chi connectivity index (χ2v) is 11.9. The molecule has 1 aliphatic heterocycles. The van der Waals surface area contributed by atoms with Gasteiger partial charge in [-0.25, -0.2) is 0 Å². The Morgan fingerprint density at radius 3 is 2.38 bits per heavy atom. The zero-order valence-corrected chi connectivity index (χ0v) is 24.1. The van der Waals surface area contributed by atoms with Gasteiger partial charge in [0.05, 0.1) is 0 Å². The molecule has 0 bridgehead atoms. The molecule has 7 nitrogen and oxygen atoms in total. The van der Waals surface area contributed by atoms with E-state index in [2.05, 4.69) is 40.5 Å². The monoisotopic (exact) mass is 561 g/mol. The Hall–Kier alpha value is -4.20. The summed E-state index contributed by atoms with van der Waals surface area (Å²) in [5.74, 6) is 0.825. The van der Waals surface area contributed by atoms with Crippen LogP contribution in [0, 0.1) is 5.92 Å². The fourth-order valence-electron chi connectivity index (χ4n) is 6.27. The first-order valence-electron chi connectivity index (χ1n) is 14.9. The first-order chi connectivity index (χ1) is 20.4. The van der Waals surface area contributed by atoms with Crippen molar-refractivity contribution in [3.63, 3.8) is 0 Å². The van der Waals surface area contributed by atoms with Gasteiger partial charge in [0.25, 0.3) is 0 Å². The number of pyridine rings is 1. The van der Waals surface area contributed by atoms with Crippen LogP contribution >= 0.6 is 0 Å². The minimum atomic E-state index is -0.440. The lowest BCUT2D eigenvalue weighted by molar-refractivity contribution is 0.100. The summed E-state index contributed by atoms with van der Waals surface area (Å²) in [6, 6.07) is 26.4. The van der Waals surface area contributed by atoms with E-state index in [0.29, 0.717) is 29.1 Å². The number of aryl methyl sites for hydroxylation is 1. The van der Waals surface area contributed by atoms with Gasteiger partial charge < -0.3 is 21.4 Å². The van der Waals surface area contributed by atoms with Crippen molar-refractivity contribution in [2.45, 2.75) is 37.8 Å². The molecule has 2 heterocycles. The summed E-state index contributed by atoms with van der Waals surface area (Å²) in [7, 11) is 1.79. The molecule has 1 aromatic heterocycles. The fourth-order valence-corrected chi connectivity index (χ4v) is 6.27. The number of nitrogens with zero attached hydrogens (tertiary/aromatic N) is 2. The Kier molecular flexibility index (Phi) is 7.96. The Labute approximate surface area is 247 Å². The Morgan fingerprint density at radius 1 is 0.929 bits per heavy atom. The number of para-hydroxylation sites is 1. The normalized spacial score (nSPS) is 19.1. The van der Waals surface area contributed by atoms with E-state index < -0.39 is 5.91 Å². The molecule has 42 heavy (non-hydrogen) atoms. The zero-order valence-electron chi connectivity index (χ0n) is 24.1. The summed E-state index contributed by atoms with van der Waals surface area (Å²) in [5, 5.41) is 3.83. The zero-order chi connectivity index (χ0) is 29.2. The smallest absolute Gasteiger partial charge is 0.250 e. The lowest BCUT2D eigenvalue weighted by Crippen LogP contribution is -2.37. The predicted molar refractivity (Wildman–Crippen MR) is 169 cm³/mol. The van der Waals surface area contributed by atoms with Gasteiger partial charge in [-0.1, -0.05) is 48.5 Å². The first kappa shape index (κ1) is 27.9. The number of benzene rings is 3. The van der Waals surface area contributed by atoms with Crippen molar-refractivity contribution in [3.05, 3.63) is 112 Å². The van der Waals surface area contributed by atoms with E-state index in [0.717, 1.165) is 54.0 Å². The average Bonchev–Trinajstić information content (AvgIpc) is 3.78. The van der Waals surface area contributed by atoms with Crippen LogP contribution in [0.3, 0.4) is 0 Å². The minimum Gasteiger partial charge on any atom is -0.398 e. The highest BCUT2D eigenvalue weighted by molar-refractivity contribution is 6.01. The minimum absolute atomic E-state index is 0.00714. The number of carbonyl (C=O) groups is 1. The van der Waals surface area contributed by atoms with Crippen molar-refractivity contribution >= 4 is 11.6 Å². The molecule has 6 rings (SSSR count). The number of rotatable bonds is 9. The average molecular weight is 562 g/mol. The standard InChI is InChI=1S/C35H39N5O2/c1-39-22-27(11-13-34(39)41)25-7-9-26(10-8-25)30-19-33(30)38-20-23-14-16-40(17-15-23)21-24-6-12-29(35(37)42)31(18-24)28-4-2-3-5-32(28)36/h2-13,18,22-23,30,33,38H,14-17,19-21,36H2,1H3,(H2,37,42). The van der Waals surface area contributed by atoms with Gasteiger partial charge in [-0.3, -0.25) is 14.5 Å². The second-order valence-electron chi connectivity index (χ2n) is 11.9. The molecule has 1 amide bonds. The van der Waals surface area contributed by atoms with Crippen LogP contribution < -0.4 is 22.3 Å². The van der Waals surface area contributed by atoms with Crippen LogP contribution in [-0.4, -0.2) is 41.1 Å².